The van der Waals surface area contributed by atoms with E-state index in [4.69, 9.17) is 10.5 Å². The van der Waals surface area contributed by atoms with Gasteiger partial charge in [-0.25, -0.2) is 14.8 Å². The van der Waals surface area contributed by atoms with E-state index in [1.54, 1.807) is 6.20 Å². The zero-order valence-electron chi connectivity index (χ0n) is 18.6. The monoisotopic (exact) mass is 431 g/mol. The first kappa shape index (κ1) is 21.6. The van der Waals surface area contributed by atoms with Gasteiger partial charge >= 0.3 is 6.09 Å². The van der Waals surface area contributed by atoms with Crippen molar-refractivity contribution in [3.63, 3.8) is 0 Å². The second-order valence-corrected chi connectivity index (χ2v) is 9.05. The van der Waals surface area contributed by atoms with Crippen LogP contribution < -0.4 is 16.4 Å². The van der Waals surface area contributed by atoms with Crippen molar-refractivity contribution in [1.29, 1.82) is 0 Å². The first-order chi connectivity index (χ1) is 15.3. The number of nitrogen functional groups attached to an aromatic ring is 1. The SMILES string of the molecule is CC(C)(C)OC(=O)NC1CCC1c1ccc(Nc2nc(-c3ccccc3)ncc2N)cc1. The normalized spacial score (nSPS) is 17.8. The Bertz CT molecular complexity index is 1080. The van der Waals surface area contributed by atoms with Crippen molar-refractivity contribution in [2.45, 2.75) is 51.2 Å². The first-order valence-corrected chi connectivity index (χ1v) is 10.8. The molecule has 1 aliphatic rings. The maximum Gasteiger partial charge on any atom is 0.407 e. The van der Waals surface area contributed by atoms with Crippen molar-refractivity contribution in [1.82, 2.24) is 15.3 Å². The third-order valence-corrected chi connectivity index (χ3v) is 5.43. The van der Waals surface area contributed by atoms with Crippen LogP contribution in [0.3, 0.4) is 0 Å². The van der Waals surface area contributed by atoms with E-state index in [9.17, 15) is 4.79 Å². The molecule has 4 rings (SSSR count). The molecule has 0 radical (unpaired) electrons. The van der Waals surface area contributed by atoms with Crippen molar-refractivity contribution >= 4 is 23.3 Å². The van der Waals surface area contributed by atoms with Gasteiger partial charge in [0.15, 0.2) is 11.6 Å². The number of benzene rings is 2. The number of rotatable bonds is 5. The Kier molecular flexibility index (Phi) is 5.99. The van der Waals surface area contributed by atoms with Gasteiger partial charge in [0.1, 0.15) is 5.60 Å². The quantitative estimate of drug-likeness (QED) is 0.511. The number of nitrogens with one attached hydrogen (secondary N) is 2. The summed E-state index contributed by atoms with van der Waals surface area (Å²) >= 11 is 0. The molecule has 0 saturated heterocycles. The second kappa shape index (κ2) is 8.86. The third kappa shape index (κ3) is 5.17. The maximum atomic E-state index is 12.1. The van der Waals surface area contributed by atoms with Gasteiger partial charge in [0.2, 0.25) is 0 Å². The number of aromatic nitrogens is 2. The summed E-state index contributed by atoms with van der Waals surface area (Å²) in [7, 11) is 0. The summed E-state index contributed by atoms with van der Waals surface area (Å²) in [6.45, 7) is 5.59. The fourth-order valence-corrected chi connectivity index (χ4v) is 3.70. The van der Waals surface area contributed by atoms with Gasteiger partial charge in [-0.05, 0) is 51.3 Å². The Labute approximate surface area is 188 Å². The van der Waals surface area contributed by atoms with Gasteiger partial charge in [-0.2, -0.15) is 0 Å². The predicted octanol–water partition coefficient (Wildman–Crippen LogP) is 5.24. The van der Waals surface area contributed by atoms with Crippen LogP contribution in [-0.4, -0.2) is 27.7 Å². The second-order valence-electron chi connectivity index (χ2n) is 9.05. The van der Waals surface area contributed by atoms with E-state index in [0.29, 0.717) is 17.3 Å². The Hall–Kier alpha value is -3.61. The summed E-state index contributed by atoms with van der Waals surface area (Å²) in [4.78, 5) is 21.0. The van der Waals surface area contributed by atoms with Gasteiger partial charge in [0, 0.05) is 23.2 Å². The van der Waals surface area contributed by atoms with Crippen molar-refractivity contribution in [2.75, 3.05) is 11.1 Å². The van der Waals surface area contributed by atoms with Crippen LogP contribution in [0.25, 0.3) is 11.4 Å². The molecule has 166 valence electrons. The first-order valence-electron chi connectivity index (χ1n) is 10.8. The lowest BCUT2D eigenvalue weighted by atomic mass is 9.75. The van der Waals surface area contributed by atoms with E-state index in [2.05, 4.69) is 32.7 Å². The number of nitrogens with two attached hydrogens (primary N) is 1. The molecule has 7 heteroatoms. The fraction of sp³-hybridized carbons (Fsp3) is 0.320. The van der Waals surface area contributed by atoms with Gasteiger partial charge in [0.05, 0.1) is 11.9 Å². The minimum absolute atomic E-state index is 0.0922. The van der Waals surface area contributed by atoms with Crippen LogP contribution in [0.4, 0.5) is 22.0 Å². The summed E-state index contributed by atoms with van der Waals surface area (Å²) in [5.41, 5.74) is 9.07. The number of alkyl carbamates (subject to hydrolysis) is 1. The van der Waals surface area contributed by atoms with Gasteiger partial charge in [0.25, 0.3) is 0 Å². The standard InChI is InChI=1S/C25H29N5O2/c1-25(2,3)32-24(31)29-21-14-13-19(21)16-9-11-18(12-10-16)28-23-20(26)15-27-22(30-23)17-7-5-4-6-8-17/h4-12,15,19,21H,13-14,26H2,1-3H3,(H,29,31)(H,27,28,30). The average molecular weight is 432 g/mol. The summed E-state index contributed by atoms with van der Waals surface area (Å²) in [5, 5.41) is 6.28. The molecular formula is C25H29N5O2. The van der Waals surface area contributed by atoms with Crippen LogP contribution in [0, 0.1) is 0 Å². The smallest absolute Gasteiger partial charge is 0.407 e. The van der Waals surface area contributed by atoms with Gasteiger partial charge in [-0.15, -0.1) is 0 Å². The number of carbonyl (C=O) groups is 1. The highest BCUT2D eigenvalue weighted by Crippen LogP contribution is 2.37. The van der Waals surface area contributed by atoms with Crippen LogP contribution in [0.5, 0.6) is 0 Å². The molecule has 0 spiro atoms. The number of anilines is 3. The van der Waals surface area contributed by atoms with Crippen LogP contribution in [0.2, 0.25) is 0 Å². The molecule has 1 saturated carbocycles. The largest absolute Gasteiger partial charge is 0.444 e. The summed E-state index contributed by atoms with van der Waals surface area (Å²) in [6, 6.07) is 18.0. The Morgan fingerprint density at radius 2 is 1.78 bits per heavy atom. The topological polar surface area (TPSA) is 102 Å². The van der Waals surface area contributed by atoms with Gasteiger partial charge in [-0.3, -0.25) is 0 Å². The van der Waals surface area contributed by atoms with Crippen LogP contribution in [0.15, 0.2) is 60.8 Å². The molecule has 3 aromatic rings. The zero-order valence-corrected chi connectivity index (χ0v) is 18.6. The molecule has 4 N–H and O–H groups in total. The van der Waals surface area contributed by atoms with Gasteiger partial charge < -0.3 is 21.1 Å². The predicted molar refractivity (Wildman–Crippen MR) is 127 cm³/mol. The Morgan fingerprint density at radius 3 is 2.41 bits per heavy atom. The van der Waals surface area contributed by atoms with E-state index in [0.717, 1.165) is 24.1 Å². The van der Waals surface area contributed by atoms with Crippen molar-refractivity contribution in [2.24, 2.45) is 0 Å². The zero-order chi connectivity index (χ0) is 22.7. The van der Waals surface area contributed by atoms with E-state index >= 15 is 0 Å². The molecule has 0 aliphatic heterocycles. The lowest BCUT2D eigenvalue weighted by molar-refractivity contribution is 0.0466. The number of carbonyl (C=O) groups excluding carboxylic acids is 1. The maximum absolute atomic E-state index is 12.1. The number of hydrogen-bond donors (Lipinski definition) is 3. The number of nitrogens with zero attached hydrogens (tertiary/aromatic N) is 2. The lowest BCUT2D eigenvalue weighted by Crippen LogP contribution is -2.47. The molecule has 2 atom stereocenters. The van der Waals surface area contributed by atoms with Crippen molar-refractivity contribution in [3.8, 4) is 11.4 Å². The molecule has 1 aliphatic carbocycles. The van der Waals surface area contributed by atoms with E-state index in [-0.39, 0.29) is 18.1 Å². The van der Waals surface area contributed by atoms with Crippen LogP contribution in [0.1, 0.15) is 45.1 Å². The highest BCUT2D eigenvalue weighted by molar-refractivity contribution is 5.71. The molecular weight excluding hydrogens is 402 g/mol. The summed E-state index contributed by atoms with van der Waals surface area (Å²) in [6.07, 6.45) is 3.24. The minimum Gasteiger partial charge on any atom is -0.444 e. The van der Waals surface area contributed by atoms with E-state index in [1.807, 2.05) is 63.2 Å². The average Bonchev–Trinajstić information content (AvgIpc) is 2.73. The number of ether oxygens (including phenoxy) is 1. The van der Waals surface area contributed by atoms with Crippen molar-refractivity contribution in [3.05, 3.63) is 66.4 Å². The fourth-order valence-electron chi connectivity index (χ4n) is 3.70. The molecule has 2 unspecified atom stereocenters. The minimum atomic E-state index is -0.500. The van der Waals surface area contributed by atoms with E-state index in [1.165, 1.54) is 5.56 Å². The third-order valence-electron chi connectivity index (χ3n) is 5.43. The Balaban J connectivity index is 1.42. The molecule has 32 heavy (non-hydrogen) atoms. The summed E-state index contributed by atoms with van der Waals surface area (Å²) in [5.74, 6) is 1.47. The highest BCUT2D eigenvalue weighted by Gasteiger charge is 2.34. The van der Waals surface area contributed by atoms with E-state index < -0.39 is 5.60 Å². The Morgan fingerprint density at radius 1 is 1.06 bits per heavy atom. The highest BCUT2D eigenvalue weighted by atomic mass is 16.6. The van der Waals surface area contributed by atoms with Crippen molar-refractivity contribution < 1.29 is 9.53 Å². The number of hydrogen-bond acceptors (Lipinski definition) is 6. The number of amides is 1. The van der Waals surface area contributed by atoms with Crippen LogP contribution in [-0.2, 0) is 4.74 Å². The molecule has 1 aromatic heterocycles. The molecule has 0 bridgehead atoms. The lowest BCUT2D eigenvalue weighted by Gasteiger charge is -2.37. The molecule has 1 heterocycles. The molecule has 2 aromatic carbocycles. The summed E-state index contributed by atoms with van der Waals surface area (Å²) < 4.78 is 5.38. The van der Waals surface area contributed by atoms with Gasteiger partial charge in [-0.1, -0.05) is 42.5 Å². The molecule has 7 nitrogen and oxygen atoms in total. The molecule has 1 amide bonds. The van der Waals surface area contributed by atoms with Crippen LogP contribution >= 0.6 is 0 Å². The molecule has 1 fully saturated rings.